The molecule has 0 aliphatic rings. The van der Waals surface area contributed by atoms with Gasteiger partial charge in [-0.1, -0.05) is 19.9 Å². The average molecular weight is 321 g/mol. The summed E-state index contributed by atoms with van der Waals surface area (Å²) < 4.78 is 10.1. The monoisotopic (exact) mass is 321 g/mol. The zero-order valence-corrected chi connectivity index (χ0v) is 14.5. The Morgan fingerprint density at radius 3 is 2.57 bits per heavy atom. The lowest BCUT2D eigenvalue weighted by Gasteiger charge is -2.23. The van der Waals surface area contributed by atoms with Crippen LogP contribution in [0.3, 0.4) is 0 Å². The molecule has 1 amide bonds. The number of esters is 1. The van der Waals surface area contributed by atoms with Crippen LogP contribution in [0.25, 0.3) is 0 Å². The summed E-state index contributed by atoms with van der Waals surface area (Å²) in [7, 11) is 1.57. The molecule has 0 aromatic heterocycles. The molecule has 0 bridgehead atoms. The molecule has 1 rings (SSSR count). The third-order valence-corrected chi connectivity index (χ3v) is 3.47. The third kappa shape index (κ3) is 6.72. The van der Waals surface area contributed by atoms with Crippen LogP contribution in [0.15, 0.2) is 24.3 Å². The van der Waals surface area contributed by atoms with Crippen molar-refractivity contribution >= 4 is 11.9 Å². The van der Waals surface area contributed by atoms with Gasteiger partial charge in [0.25, 0.3) is 5.91 Å². The molecule has 0 saturated carbocycles. The Hall–Kier alpha value is -2.04. The van der Waals surface area contributed by atoms with E-state index in [9.17, 15) is 9.59 Å². The smallest absolute Gasteiger partial charge is 0.307 e. The summed E-state index contributed by atoms with van der Waals surface area (Å²) in [5, 5.41) is 0. The molecular weight excluding hydrogens is 294 g/mol. The van der Waals surface area contributed by atoms with Crippen LogP contribution in [0.4, 0.5) is 0 Å². The van der Waals surface area contributed by atoms with Crippen molar-refractivity contribution in [3.63, 3.8) is 0 Å². The molecule has 0 aliphatic heterocycles. The zero-order chi connectivity index (χ0) is 17.2. The summed E-state index contributed by atoms with van der Waals surface area (Å²) >= 11 is 0. The molecule has 0 unspecified atom stereocenters. The first-order chi connectivity index (χ1) is 11.0. The lowest BCUT2D eigenvalue weighted by Crippen LogP contribution is -2.34. The van der Waals surface area contributed by atoms with Crippen molar-refractivity contribution in [1.29, 1.82) is 0 Å². The molecule has 0 saturated heterocycles. The van der Waals surface area contributed by atoms with Gasteiger partial charge in [-0.15, -0.1) is 0 Å². The van der Waals surface area contributed by atoms with E-state index in [1.165, 1.54) is 0 Å². The van der Waals surface area contributed by atoms with E-state index >= 15 is 0 Å². The lowest BCUT2D eigenvalue weighted by atomic mass is 10.1. The number of nitrogens with zero attached hydrogens (tertiary/aromatic N) is 1. The minimum Gasteiger partial charge on any atom is -0.497 e. The molecule has 0 heterocycles. The molecule has 0 spiro atoms. The van der Waals surface area contributed by atoms with Crippen molar-refractivity contribution in [3.8, 4) is 5.75 Å². The van der Waals surface area contributed by atoms with Gasteiger partial charge in [-0.05, 0) is 37.5 Å². The fourth-order valence-corrected chi connectivity index (χ4v) is 2.13. The summed E-state index contributed by atoms with van der Waals surface area (Å²) in [5.74, 6) is 0.762. The SMILES string of the molecule is CCOC(=O)CCN(CCC(C)C)C(=O)c1cccc(OC)c1. The van der Waals surface area contributed by atoms with Gasteiger partial charge in [0, 0.05) is 18.7 Å². The predicted octanol–water partition coefficient (Wildman–Crippen LogP) is 3.14. The highest BCUT2D eigenvalue weighted by Crippen LogP contribution is 2.15. The number of carbonyl (C=O) groups excluding carboxylic acids is 2. The van der Waals surface area contributed by atoms with Crippen molar-refractivity contribution < 1.29 is 19.1 Å². The second-order valence-corrected chi connectivity index (χ2v) is 5.76. The van der Waals surface area contributed by atoms with Gasteiger partial charge in [0.1, 0.15) is 5.75 Å². The van der Waals surface area contributed by atoms with Crippen LogP contribution >= 0.6 is 0 Å². The molecule has 0 atom stereocenters. The number of carbonyl (C=O) groups is 2. The van der Waals surface area contributed by atoms with Crippen molar-refractivity contribution in [2.45, 2.75) is 33.6 Å². The van der Waals surface area contributed by atoms with Gasteiger partial charge in [0.2, 0.25) is 0 Å². The number of hydrogen-bond donors (Lipinski definition) is 0. The van der Waals surface area contributed by atoms with Crippen LogP contribution in [0, 0.1) is 5.92 Å². The minimum atomic E-state index is -0.277. The Labute approximate surface area is 138 Å². The lowest BCUT2D eigenvalue weighted by molar-refractivity contribution is -0.143. The molecule has 0 aliphatic carbocycles. The first-order valence-corrected chi connectivity index (χ1v) is 8.06. The Morgan fingerprint density at radius 1 is 1.22 bits per heavy atom. The minimum absolute atomic E-state index is 0.0890. The molecule has 5 heteroatoms. The van der Waals surface area contributed by atoms with Crippen molar-refractivity contribution in [3.05, 3.63) is 29.8 Å². The second kappa shape index (κ2) is 9.87. The maximum absolute atomic E-state index is 12.7. The second-order valence-electron chi connectivity index (χ2n) is 5.76. The first-order valence-electron chi connectivity index (χ1n) is 8.06. The predicted molar refractivity (Wildman–Crippen MR) is 89.6 cm³/mol. The van der Waals surface area contributed by atoms with Crippen molar-refractivity contribution in [2.24, 2.45) is 5.92 Å². The number of methoxy groups -OCH3 is 1. The van der Waals surface area contributed by atoms with Gasteiger partial charge in [0.15, 0.2) is 0 Å². The maximum Gasteiger partial charge on any atom is 0.307 e. The van der Waals surface area contributed by atoms with E-state index in [4.69, 9.17) is 9.47 Å². The van der Waals surface area contributed by atoms with Crippen LogP contribution in [0.2, 0.25) is 0 Å². The van der Waals surface area contributed by atoms with Crippen LogP contribution in [0.1, 0.15) is 44.0 Å². The normalized spacial score (nSPS) is 10.5. The van der Waals surface area contributed by atoms with E-state index in [1.807, 2.05) is 0 Å². The van der Waals surface area contributed by atoms with E-state index in [0.29, 0.717) is 36.9 Å². The fourth-order valence-electron chi connectivity index (χ4n) is 2.13. The number of amides is 1. The van der Waals surface area contributed by atoms with Gasteiger partial charge in [-0.3, -0.25) is 9.59 Å². The molecule has 1 aromatic carbocycles. The quantitative estimate of drug-likeness (QED) is 0.656. The van der Waals surface area contributed by atoms with E-state index in [1.54, 1.807) is 43.2 Å². The van der Waals surface area contributed by atoms with E-state index < -0.39 is 0 Å². The number of rotatable bonds is 9. The molecule has 0 N–H and O–H groups in total. The van der Waals surface area contributed by atoms with Crippen LogP contribution in [-0.4, -0.2) is 43.6 Å². The summed E-state index contributed by atoms with van der Waals surface area (Å²) in [6.07, 6.45) is 1.10. The molecule has 128 valence electrons. The number of hydrogen-bond acceptors (Lipinski definition) is 4. The van der Waals surface area contributed by atoms with E-state index in [2.05, 4.69) is 13.8 Å². The average Bonchev–Trinajstić information content (AvgIpc) is 2.54. The highest BCUT2D eigenvalue weighted by Gasteiger charge is 2.18. The Bertz CT molecular complexity index is 513. The van der Waals surface area contributed by atoms with Crippen LogP contribution in [0.5, 0.6) is 5.75 Å². The van der Waals surface area contributed by atoms with Gasteiger partial charge < -0.3 is 14.4 Å². The van der Waals surface area contributed by atoms with Gasteiger partial charge >= 0.3 is 5.97 Å². The van der Waals surface area contributed by atoms with Gasteiger partial charge in [-0.25, -0.2) is 0 Å². The fraction of sp³-hybridized carbons (Fsp3) is 0.556. The largest absolute Gasteiger partial charge is 0.497 e. The molecular formula is C18H27NO4. The third-order valence-electron chi connectivity index (χ3n) is 3.47. The van der Waals surface area contributed by atoms with Crippen LogP contribution in [-0.2, 0) is 9.53 Å². The van der Waals surface area contributed by atoms with Gasteiger partial charge in [0.05, 0.1) is 20.1 Å². The standard InChI is InChI=1S/C18H27NO4/c1-5-23-17(20)10-12-19(11-9-14(2)3)18(21)15-7-6-8-16(13-15)22-4/h6-8,13-14H,5,9-12H2,1-4H3. The maximum atomic E-state index is 12.7. The summed E-state index contributed by atoms with van der Waals surface area (Å²) in [6, 6.07) is 7.07. The molecule has 0 fully saturated rings. The summed E-state index contributed by atoms with van der Waals surface area (Å²) in [6.45, 7) is 7.33. The Kier molecular flexibility index (Phi) is 8.16. The van der Waals surface area contributed by atoms with Crippen molar-refractivity contribution in [1.82, 2.24) is 4.90 Å². The first kappa shape index (κ1) is 19.0. The molecule has 23 heavy (non-hydrogen) atoms. The molecule has 5 nitrogen and oxygen atoms in total. The highest BCUT2D eigenvalue weighted by atomic mass is 16.5. The van der Waals surface area contributed by atoms with E-state index in [-0.39, 0.29) is 18.3 Å². The molecule has 0 radical (unpaired) electrons. The Morgan fingerprint density at radius 2 is 1.96 bits per heavy atom. The summed E-state index contributed by atoms with van der Waals surface area (Å²) in [5.41, 5.74) is 0.567. The number of ether oxygens (including phenoxy) is 2. The number of benzene rings is 1. The van der Waals surface area contributed by atoms with Crippen molar-refractivity contribution in [2.75, 3.05) is 26.8 Å². The van der Waals surface area contributed by atoms with Crippen LogP contribution < -0.4 is 4.74 Å². The van der Waals surface area contributed by atoms with E-state index in [0.717, 1.165) is 6.42 Å². The zero-order valence-electron chi connectivity index (χ0n) is 14.5. The highest BCUT2D eigenvalue weighted by molar-refractivity contribution is 5.94. The van der Waals surface area contributed by atoms with Gasteiger partial charge in [-0.2, -0.15) is 0 Å². The Balaban J connectivity index is 2.79. The topological polar surface area (TPSA) is 55.8 Å². The molecule has 1 aromatic rings. The summed E-state index contributed by atoms with van der Waals surface area (Å²) in [4.78, 5) is 26.0.